The van der Waals surface area contributed by atoms with Crippen molar-refractivity contribution in [2.75, 3.05) is 10.2 Å². The Bertz CT molecular complexity index is 673. The average Bonchev–Trinajstić information content (AvgIpc) is 2.73. The number of aryl methyl sites for hydroxylation is 2. The Hall–Kier alpha value is -2.29. The molecule has 2 aromatic carbocycles. The van der Waals surface area contributed by atoms with E-state index in [4.69, 9.17) is 0 Å². The van der Waals surface area contributed by atoms with Gasteiger partial charge in [-0.1, -0.05) is 24.3 Å². The van der Waals surface area contributed by atoms with Crippen LogP contribution in [0.15, 0.2) is 42.5 Å². The van der Waals surface area contributed by atoms with Gasteiger partial charge in [-0.15, -0.1) is 0 Å². The minimum Gasteiger partial charge on any atom is -0.308 e. The second kappa shape index (κ2) is 5.24. The molecule has 3 heteroatoms. The van der Waals surface area contributed by atoms with Crippen molar-refractivity contribution in [3.05, 3.63) is 59.2 Å². The van der Waals surface area contributed by atoms with Gasteiger partial charge < -0.3 is 5.32 Å². The normalized spacial score (nSPS) is 16.7. The zero-order valence-corrected chi connectivity index (χ0v) is 12.7. The smallest absolute Gasteiger partial charge is 0.308 e. The number of carbonyl (C=O) groups is 1. The molecule has 0 spiro atoms. The molecule has 0 saturated heterocycles. The van der Waals surface area contributed by atoms with E-state index in [0.29, 0.717) is 0 Å². The lowest BCUT2D eigenvalue weighted by Gasteiger charge is -2.23. The number of hydrogen-bond acceptors (Lipinski definition) is 1. The highest BCUT2D eigenvalue weighted by molar-refractivity contribution is 6.03. The molecule has 1 unspecified atom stereocenters. The number of para-hydroxylation sites is 1. The van der Waals surface area contributed by atoms with Crippen LogP contribution in [0.3, 0.4) is 0 Å². The summed E-state index contributed by atoms with van der Waals surface area (Å²) in [6.07, 6.45) is 0.913. The fourth-order valence-electron chi connectivity index (χ4n) is 3.11. The molecule has 0 saturated carbocycles. The van der Waals surface area contributed by atoms with Crippen LogP contribution in [0.4, 0.5) is 16.2 Å². The van der Waals surface area contributed by atoms with Gasteiger partial charge in [0.1, 0.15) is 0 Å². The molecule has 0 aliphatic carbocycles. The van der Waals surface area contributed by atoms with Crippen molar-refractivity contribution in [1.82, 2.24) is 0 Å². The maximum absolute atomic E-state index is 12.6. The van der Waals surface area contributed by atoms with Crippen molar-refractivity contribution in [1.29, 1.82) is 0 Å². The summed E-state index contributed by atoms with van der Waals surface area (Å²) < 4.78 is 0. The number of anilines is 2. The van der Waals surface area contributed by atoms with Crippen molar-refractivity contribution < 1.29 is 4.79 Å². The van der Waals surface area contributed by atoms with E-state index in [1.165, 1.54) is 5.56 Å². The number of urea groups is 1. The van der Waals surface area contributed by atoms with E-state index in [9.17, 15) is 4.79 Å². The summed E-state index contributed by atoms with van der Waals surface area (Å²) in [4.78, 5) is 14.5. The molecule has 1 heterocycles. The van der Waals surface area contributed by atoms with Crippen LogP contribution < -0.4 is 10.2 Å². The first-order chi connectivity index (χ1) is 10.0. The van der Waals surface area contributed by atoms with Gasteiger partial charge in [-0.05, 0) is 62.1 Å². The highest BCUT2D eigenvalue weighted by Gasteiger charge is 2.30. The molecule has 3 rings (SSSR count). The van der Waals surface area contributed by atoms with E-state index >= 15 is 0 Å². The summed E-state index contributed by atoms with van der Waals surface area (Å²) in [6.45, 7) is 6.16. The quantitative estimate of drug-likeness (QED) is 0.830. The summed E-state index contributed by atoms with van der Waals surface area (Å²) in [5.41, 5.74) is 5.42. The molecule has 2 amide bonds. The van der Waals surface area contributed by atoms with Crippen LogP contribution in [0, 0.1) is 13.8 Å². The van der Waals surface area contributed by atoms with Gasteiger partial charge in [0.15, 0.2) is 0 Å². The number of nitrogens with zero attached hydrogens (tertiary/aromatic N) is 1. The van der Waals surface area contributed by atoms with Crippen molar-refractivity contribution in [3.8, 4) is 0 Å². The molecule has 1 atom stereocenters. The maximum Gasteiger partial charge on any atom is 0.326 e. The Morgan fingerprint density at radius 3 is 2.52 bits per heavy atom. The Morgan fingerprint density at radius 1 is 1.14 bits per heavy atom. The number of benzene rings is 2. The van der Waals surface area contributed by atoms with Gasteiger partial charge in [0.25, 0.3) is 0 Å². The third-order valence-corrected chi connectivity index (χ3v) is 3.90. The van der Waals surface area contributed by atoms with Crippen molar-refractivity contribution in [2.45, 2.75) is 33.2 Å². The molecular formula is C18H20N2O. The van der Waals surface area contributed by atoms with Crippen molar-refractivity contribution >= 4 is 17.4 Å². The van der Waals surface area contributed by atoms with Gasteiger partial charge in [0.05, 0.1) is 0 Å². The van der Waals surface area contributed by atoms with Crippen LogP contribution >= 0.6 is 0 Å². The maximum atomic E-state index is 12.6. The lowest BCUT2D eigenvalue weighted by atomic mass is 10.1. The molecule has 1 aliphatic rings. The molecule has 108 valence electrons. The Kier molecular flexibility index (Phi) is 3.42. The van der Waals surface area contributed by atoms with Gasteiger partial charge >= 0.3 is 6.03 Å². The minimum absolute atomic E-state index is 0.0579. The molecule has 0 radical (unpaired) electrons. The third-order valence-electron chi connectivity index (χ3n) is 3.90. The average molecular weight is 280 g/mol. The predicted octanol–water partition coefficient (Wildman–Crippen LogP) is 4.29. The molecule has 0 fully saturated rings. The fraction of sp³-hybridized carbons (Fsp3) is 0.278. The van der Waals surface area contributed by atoms with Crippen molar-refractivity contribution in [3.63, 3.8) is 0 Å². The molecule has 1 aliphatic heterocycles. The zero-order chi connectivity index (χ0) is 15.0. The Morgan fingerprint density at radius 2 is 1.81 bits per heavy atom. The summed E-state index contributed by atoms with van der Waals surface area (Å²) in [6, 6.07) is 14.3. The molecule has 3 nitrogen and oxygen atoms in total. The number of amides is 2. The second-order valence-corrected chi connectivity index (χ2v) is 5.86. The van der Waals surface area contributed by atoms with Gasteiger partial charge in [0, 0.05) is 17.4 Å². The van der Waals surface area contributed by atoms with E-state index in [-0.39, 0.29) is 12.1 Å². The Labute approximate surface area is 125 Å². The van der Waals surface area contributed by atoms with Crippen LogP contribution in [-0.2, 0) is 6.42 Å². The lowest BCUT2D eigenvalue weighted by Crippen LogP contribution is -2.39. The van der Waals surface area contributed by atoms with Crippen LogP contribution in [-0.4, -0.2) is 12.1 Å². The van der Waals surface area contributed by atoms with Gasteiger partial charge in [-0.2, -0.15) is 0 Å². The predicted molar refractivity (Wildman–Crippen MR) is 87.0 cm³/mol. The van der Waals surface area contributed by atoms with Gasteiger partial charge in [-0.25, -0.2) is 4.79 Å². The topological polar surface area (TPSA) is 32.3 Å². The Balaban J connectivity index is 1.86. The first-order valence-corrected chi connectivity index (χ1v) is 7.31. The van der Waals surface area contributed by atoms with E-state index < -0.39 is 0 Å². The summed E-state index contributed by atoms with van der Waals surface area (Å²) in [5.74, 6) is 0. The fourth-order valence-corrected chi connectivity index (χ4v) is 3.11. The largest absolute Gasteiger partial charge is 0.326 e. The van der Waals surface area contributed by atoms with Crippen LogP contribution in [0.1, 0.15) is 23.6 Å². The number of carbonyl (C=O) groups excluding carboxylic acids is 1. The molecule has 0 bridgehead atoms. The van der Waals surface area contributed by atoms with Gasteiger partial charge in [0.2, 0.25) is 0 Å². The zero-order valence-electron chi connectivity index (χ0n) is 12.7. The van der Waals surface area contributed by atoms with Crippen LogP contribution in [0.25, 0.3) is 0 Å². The summed E-state index contributed by atoms with van der Waals surface area (Å²) in [5, 5.41) is 3.02. The van der Waals surface area contributed by atoms with Crippen LogP contribution in [0.5, 0.6) is 0 Å². The van der Waals surface area contributed by atoms with E-state index in [1.54, 1.807) is 0 Å². The van der Waals surface area contributed by atoms with E-state index in [0.717, 1.165) is 28.9 Å². The SMILES string of the molecule is Cc1cc(C)cc(NC(=O)N2c3ccccc3CC2C)c1. The molecular weight excluding hydrogens is 260 g/mol. The monoisotopic (exact) mass is 280 g/mol. The van der Waals surface area contributed by atoms with Crippen molar-refractivity contribution in [2.24, 2.45) is 0 Å². The summed E-state index contributed by atoms with van der Waals surface area (Å²) in [7, 11) is 0. The lowest BCUT2D eigenvalue weighted by molar-refractivity contribution is 0.256. The minimum atomic E-state index is -0.0579. The van der Waals surface area contributed by atoms with Crippen LogP contribution in [0.2, 0.25) is 0 Å². The summed E-state index contributed by atoms with van der Waals surface area (Å²) >= 11 is 0. The first-order valence-electron chi connectivity index (χ1n) is 7.31. The van der Waals surface area contributed by atoms with E-state index in [2.05, 4.69) is 24.4 Å². The number of nitrogens with one attached hydrogen (secondary N) is 1. The number of rotatable bonds is 1. The molecule has 1 N–H and O–H groups in total. The molecule has 21 heavy (non-hydrogen) atoms. The number of hydrogen-bond donors (Lipinski definition) is 1. The molecule has 0 aromatic heterocycles. The highest BCUT2D eigenvalue weighted by atomic mass is 16.2. The van der Waals surface area contributed by atoms with E-state index in [1.807, 2.05) is 49.1 Å². The standard InChI is InChI=1S/C18H20N2O/c1-12-8-13(2)10-16(9-12)19-18(21)20-14(3)11-15-6-4-5-7-17(15)20/h4-10,14H,11H2,1-3H3,(H,19,21). The van der Waals surface area contributed by atoms with Gasteiger partial charge in [-0.3, -0.25) is 4.90 Å². The first kappa shape index (κ1) is 13.7. The number of fused-ring (bicyclic) bond motifs is 1. The second-order valence-electron chi connectivity index (χ2n) is 5.86. The third kappa shape index (κ3) is 2.64. The molecule has 2 aromatic rings. The highest BCUT2D eigenvalue weighted by Crippen LogP contribution is 2.32.